The van der Waals surface area contributed by atoms with Crippen LogP contribution in [-0.2, 0) is 26.6 Å². The first-order valence-corrected chi connectivity index (χ1v) is 17.4. The topological polar surface area (TPSA) is 157 Å². The molecule has 0 aliphatic rings. The number of nitrogens with zero attached hydrogens (tertiary/aromatic N) is 2. The SMILES string of the molecule is COc1ccc(S(=O)(=O)NC(=O)NCCc2ccc(-n3nc(C)c(-c4ccccc4)c3C)cc2)cc1.Cc1ccc(S(=O)(=O)O)cc1. The Morgan fingerprint density at radius 2 is 1.40 bits per heavy atom. The number of aryl methyl sites for hydroxylation is 2. The molecule has 1 heterocycles. The minimum absolute atomic E-state index is 0.0198. The lowest BCUT2D eigenvalue weighted by molar-refractivity contribution is 0.246. The molecule has 47 heavy (non-hydrogen) atoms. The zero-order valence-corrected chi connectivity index (χ0v) is 28.0. The van der Waals surface area contributed by atoms with Crippen molar-refractivity contribution in [3.05, 3.63) is 126 Å². The lowest BCUT2D eigenvalue weighted by Gasteiger charge is -2.10. The second-order valence-corrected chi connectivity index (χ2v) is 13.7. The summed E-state index contributed by atoms with van der Waals surface area (Å²) < 4.78 is 63.3. The fraction of sp³-hybridized carbons (Fsp3) is 0.176. The Kier molecular flexibility index (Phi) is 11.2. The number of hydrogen-bond acceptors (Lipinski definition) is 7. The Hall–Kier alpha value is -4.98. The average molecular weight is 677 g/mol. The summed E-state index contributed by atoms with van der Waals surface area (Å²) in [6.07, 6.45) is 0.544. The first kappa shape index (κ1) is 34.9. The van der Waals surface area contributed by atoms with Gasteiger partial charge in [-0.15, -0.1) is 0 Å². The van der Waals surface area contributed by atoms with Gasteiger partial charge in [0.05, 0.1) is 28.3 Å². The van der Waals surface area contributed by atoms with Gasteiger partial charge < -0.3 is 10.1 Å². The zero-order chi connectivity index (χ0) is 34.2. The van der Waals surface area contributed by atoms with Crippen LogP contribution in [0.1, 0.15) is 22.5 Å². The Morgan fingerprint density at radius 3 is 1.98 bits per heavy atom. The Bertz CT molecular complexity index is 2030. The highest BCUT2D eigenvalue weighted by molar-refractivity contribution is 7.90. The molecular formula is C34H36N4O7S2. The number of hydrogen-bond donors (Lipinski definition) is 3. The molecule has 0 saturated carbocycles. The molecule has 2 amide bonds. The minimum Gasteiger partial charge on any atom is -0.497 e. The molecule has 0 aliphatic heterocycles. The monoisotopic (exact) mass is 676 g/mol. The van der Waals surface area contributed by atoms with Crippen molar-refractivity contribution in [2.45, 2.75) is 37.0 Å². The second-order valence-electron chi connectivity index (χ2n) is 10.6. The normalized spacial score (nSPS) is 11.3. The van der Waals surface area contributed by atoms with Crippen molar-refractivity contribution in [2.75, 3.05) is 13.7 Å². The van der Waals surface area contributed by atoms with Gasteiger partial charge in [-0.3, -0.25) is 4.55 Å². The van der Waals surface area contributed by atoms with E-state index in [0.29, 0.717) is 12.2 Å². The maximum Gasteiger partial charge on any atom is 0.328 e. The van der Waals surface area contributed by atoms with Gasteiger partial charge in [0.2, 0.25) is 0 Å². The highest BCUT2D eigenvalue weighted by Gasteiger charge is 2.18. The summed E-state index contributed by atoms with van der Waals surface area (Å²) in [6, 6.07) is 29.1. The number of ether oxygens (including phenoxy) is 1. The van der Waals surface area contributed by atoms with E-state index in [1.54, 1.807) is 12.1 Å². The number of benzene rings is 4. The Labute approximate surface area is 275 Å². The number of rotatable bonds is 9. The molecular weight excluding hydrogens is 641 g/mol. The number of nitrogens with one attached hydrogen (secondary N) is 2. The minimum atomic E-state index is -4.02. The average Bonchev–Trinajstić information content (AvgIpc) is 3.34. The standard InChI is InChI=1S/C27H28N4O4S.C7H8O3S/c1-19-26(22-7-5-4-6-8-22)20(2)31(29-19)23-11-9-21(10-12-23)17-18-28-27(32)30-36(33,34)25-15-13-24(35-3)14-16-25;1-6-2-4-7(5-3-6)11(8,9)10/h4-16H,17-18H2,1-3H3,(H2,28,30,32);2-5H,1H3,(H,8,9,10). The number of sulfonamides is 1. The third-order valence-electron chi connectivity index (χ3n) is 7.15. The second kappa shape index (κ2) is 15.1. The quantitative estimate of drug-likeness (QED) is 0.170. The molecule has 5 rings (SSSR count). The third-order valence-corrected chi connectivity index (χ3v) is 9.36. The molecule has 0 saturated heterocycles. The molecule has 1 aromatic heterocycles. The van der Waals surface area contributed by atoms with Crippen LogP contribution in [0.5, 0.6) is 5.75 Å². The van der Waals surface area contributed by atoms with Crippen LogP contribution in [0.25, 0.3) is 16.8 Å². The highest BCUT2D eigenvalue weighted by atomic mass is 32.2. The fourth-order valence-electron chi connectivity index (χ4n) is 4.72. The van der Waals surface area contributed by atoms with E-state index in [0.717, 1.165) is 39.3 Å². The molecule has 0 radical (unpaired) electrons. The van der Waals surface area contributed by atoms with Gasteiger partial charge in [-0.2, -0.15) is 13.5 Å². The molecule has 5 aromatic rings. The van der Waals surface area contributed by atoms with Gasteiger partial charge in [-0.25, -0.2) is 22.6 Å². The molecule has 0 fully saturated rings. The molecule has 11 nitrogen and oxygen atoms in total. The first-order valence-electron chi connectivity index (χ1n) is 14.5. The van der Waals surface area contributed by atoms with Crippen LogP contribution in [0.4, 0.5) is 4.79 Å². The lowest BCUT2D eigenvalue weighted by atomic mass is 10.0. The van der Waals surface area contributed by atoms with Crippen LogP contribution in [0.2, 0.25) is 0 Å². The number of aromatic nitrogens is 2. The predicted octanol–water partition coefficient (Wildman–Crippen LogP) is 5.64. The van der Waals surface area contributed by atoms with Crippen molar-refractivity contribution in [3.63, 3.8) is 0 Å². The molecule has 3 N–H and O–H groups in total. The smallest absolute Gasteiger partial charge is 0.328 e. The summed E-state index contributed by atoms with van der Waals surface area (Å²) in [5, 5.41) is 7.32. The van der Waals surface area contributed by atoms with Crippen LogP contribution in [0, 0.1) is 20.8 Å². The van der Waals surface area contributed by atoms with Gasteiger partial charge in [0.15, 0.2) is 0 Å². The summed E-state index contributed by atoms with van der Waals surface area (Å²) in [6.45, 7) is 6.18. The molecule has 13 heteroatoms. The molecule has 0 spiro atoms. The van der Waals surface area contributed by atoms with E-state index < -0.39 is 26.2 Å². The number of methoxy groups -OCH3 is 1. The van der Waals surface area contributed by atoms with Crippen LogP contribution < -0.4 is 14.8 Å². The van der Waals surface area contributed by atoms with Crippen molar-refractivity contribution in [2.24, 2.45) is 0 Å². The highest BCUT2D eigenvalue weighted by Crippen LogP contribution is 2.28. The van der Waals surface area contributed by atoms with Gasteiger partial charge >= 0.3 is 6.03 Å². The fourth-order valence-corrected chi connectivity index (χ4v) is 6.13. The largest absolute Gasteiger partial charge is 0.497 e. The first-order chi connectivity index (χ1) is 22.3. The molecule has 4 aromatic carbocycles. The number of amides is 2. The van der Waals surface area contributed by atoms with Crippen molar-refractivity contribution in [1.82, 2.24) is 19.8 Å². The predicted molar refractivity (Wildman–Crippen MR) is 180 cm³/mol. The van der Waals surface area contributed by atoms with Gasteiger partial charge in [0.1, 0.15) is 5.75 Å². The van der Waals surface area contributed by atoms with E-state index in [-0.39, 0.29) is 16.3 Å². The van der Waals surface area contributed by atoms with Crippen molar-refractivity contribution < 1.29 is 30.9 Å². The molecule has 0 bridgehead atoms. The van der Waals surface area contributed by atoms with E-state index >= 15 is 0 Å². The van der Waals surface area contributed by atoms with Crippen LogP contribution in [0.15, 0.2) is 113 Å². The van der Waals surface area contributed by atoms with E-state index in [2.05, 4.69) is 24.4 Å². The van der Waals surface area contributed by atoms with Crippen molar-refractivity contribution >= 4 is 26.2 Å². The third kappa shape index (κ3) is 9.28. The maximum absolute atomic E-state index is 12.4. The number of carbonyl (C=O) groups is 1. The van der Waals surface area contributed by atoms with Crippen molar-refractivity contribution in [1.29, 1.82) is 0 Å². The van der Waals surface area contributed by atoms with Gasteiger partial charge in [-0.1, -0.05) is 60.2 Å². The van der Waals surface area contributed by atoms with E-state index in [1.807, 2.05) is 65.7 Å². The van der Waals surface area contributed by atoms with Crippen molar-refractivity contribution in [3.8, 4) is 22.6 Å². The van der Waals surface area contributed by atoms with E-state index in [4.69, 9.17) is 14.4 Å². The van der Waals surface area contributed by atoms with E-state index in [1.165, 1.54) is 43.5 Å². The summed E-state index contributed by atoms with van der Waals surface area (Å²) in [5.74, 6) is 0.527. The maximum atomic E-state index is 12.4. The van der Waals surface area contributed by atoms with Gasteiger partial charge in [0, 0.05) is 17.8 Å². The summed E-state index contributed by atoms with van der Waals surface area (Å²) in [5.41, 5.74) is 7.18. The summed E-state index contributed by atoms with van der Waals surface area (Å²) in [7, 11) is -6.50. The van der Waals surface area contributed by atoms with Crippen LogP contribution in [0.3, 0.4) is 0 Å². The molecule has 246 valence electrons. The zero-order valence-electron chi connectivity index (χ0n) is 26.3. The molecule has 0 atom stereocenters. The molecule has 0 aliphatic carbocycles. The van der Waals surface area contributed by atoms with Crippen LogP contribution >= 0.6 is 0 Å². The van der Waals surface area contributed by atoms with E-state index in [9.17, 15) is 21.6 Å². The Morgan fingerprint density at radius 1 is 0.809 bits per heavy atom. The number of carbonyl (C=O) groups excluding carboxylic acids is 1. The Balaban J connectivity index is 0.000000385. The van der Waals surface area contributed by atoms with Gasteiger partial charge in [-0.05, 0) is 86.8 Å². The van der Waals surface area contributed by atoms with Gasteiger partial charge in [0.25, 0.3) is 20.1 Å². The lowest BCUT2D eigenvalue weighted by Crippen LogP contribution is -2.40. The van der Waals surface area contributed by atoms with Crippen LogP contribution in [-0.4, -0.2) is 50.9 Å². The summed E-state index contributed by atoms with van der Waals surface area (Å²) >= 11 is 0. The molecule has 0 unspecified atom stereocenters. The summed E-state index contributed by atoms with van der Waals surface area (Å²) in [4.78, 5) is 12.0. The number of urea groups is 1.